The van der Waals surface area contributed by atoms with E-state index in [0.717, 1.165) is 36.6 Å². The Morgan fingerprint density at radius 1 is 0.955 bits per heavy atom. The summed E-state index contributed by atoms with van der Waals surface area (Å²) in [4.78, 5) is 4.48. The van der Waals surface area contributed by atoms with Gasteiger partial charge in [-0.3, -0.25) is 4.48 Å². The minimum absolute atomic E-state index is 0.656. The lowest BCUT2D eigenvalue weighted by Gasteiger charge is -2.32. The number of unbranched alkanes of at least 4 members (excludes halogenated alkanes) is 1. The Hall–Kier alpha value is -0.273. The minimum atomic E-state index is -2.49. The Morgan fingerprint density at radius 3 is 2.00 bits per heavy atom. The van der Waals surface area contributed by atoms with Gasteiger partial charge in [0.05, 0.1) is 19.6 Å². The maximum Gasteiger partial charge on any atom is 0.501 e. The molecule has 0 spiro atoms. The van der Waals surface area contributed by atoms with E-state index in [0.29, 0.717) is 19.8 Å². The predicted molar refractivity (Wildman–Crippen MR) is 93.2 cm³/mol. The number of quaternary nitrogens is 1. The van der Waals surface area contributed by atoms with Crippen molar-refractivity contribution in [2.75, 3.05) is 46.0 Å². The van der Waals surface area contributed by atoms with E-state index in [1.165, 1.54) is 19.4 Å². The highest BCUT2D eigenvalue weighted by Crippen LogP contribution is 2.21. The van der Waals surface area contributed by atoms with Crippen LogP contribution in [0.4, 0.5) is 0 Å². The zero-order chi connectivity index (χ0) is 16.3. The summed E-state index contributed by atoms with van der Waals surface area (Å²) < 4.78 is 18.9. The monoisotopic (exact) mass is 331 g/mol. The molecule has 0 aromatic rings. The van der Waals surface area contributed by atoms with Crippen molar-refractivity contribution in [2.45, 2.75) is 53.0 Å². The van der Waals surface area contributed by atoms with Crippen molar-refractivity contribution in [3.8, 4) is 0 Å². The van der Waals surface area contributed by atoms with E-state index in [-0.39, 0.29) is 0 Å². The molecule has 22 heavy (non-hydrogen) atoms. The molecule has 1 aliphatic rings. The van der Waals surface area contributed by atoms with Gasteiger partial charge in [0.2, 0.25) is 0 Å². The normalized spacial score (nSPS) is 21.6. The third-order valence-electron chi connectivity index (χ3n) is 4.14. The van der Waals surface area contributed by atoms with Gasteiger partial charge in [-0.15, -0.1) is 0 Å². The maximum absolute atomic E-state index is 5.94. The summed E-state index contributed by atoms with van der Waals surface area (Å²) in [6.07, 6.45) is 5.74. The Kier molecular flexibility index (Phi) is 9.43. The van der Waals surface area contributed by atoms with Crippen LogP contribution in [0.25, 0.3) is 0 Å². The first-order valence-corrected chi connectivity index (χ1v) is 10.9. The summed E-state index contributed by atoms with van der Waals surface area (Å²) in [5.41, 5.74) is 0. The molecule has 1 rings (SSSR count). The van der Waals surface area contributed by atoms with Crippen molar-refractivity contribution < 1.29 is 17.8 Å². The smallest absolute Gasteiger partial charge is 0.374 e. The fourth-order valence-corrected chi connectivity index (χ4v) is 5.67. The molecule has 0 aromatic heterocycles. The standard InChI is InChI=1S/C16H35N2O3Si/c1-5-9-12-18(14-11-17-16-18)13-10-15-22(19-6-2,20-7-3)21-8-4/h16H,5-15H2,1-4H3/q+1. The fraction of sp³-hybridized carbons (Fsp3) is 0.938. The lowest BCUT2D eigenvalue weighted by molar-refractivity contribution is -0.829. The molecule has 0 aromatic carbocycles. The number of aliphatic imine (C=N–C) groups is 1. The summed E-state index contributed by atoms with van der Waals surface area (Å²) >= 11 is 0. The molecular weight excluding hydrogens is 296 g/mol. The first kappa shape index (κ1) is 19.8. The molecule has 5 nitrogen and oxygen atoms in total. The van der Waals surface area contributed by atoms with Crippen molar-refractivity contribution in [1.82, 2.24) is 0 Å². The van der Waals surface area contributed by atoms with Gasteiger partial charge < -0.3 is 13.3 Å². The Balaban J connectivity index is 2.57. The number of nitrogens with zero attached hydrogens (tertiary/aromatic N) is 2. The van der Waals surface area contributed by atoms with Crippen LogP contribution in [0.3, 0.4) is 0 Å². The van der Waals surface area contributed by atoms with Gasteiger partial charge in [0.25, 0.3) is 0 Å². The van der Waals surface area contributed by atoms with Crippen molar-refractivity contribution in [1.29, 1.82) is 0 Å². The zero-order valence-corrected chi connectivity index (χ0v) is 16.0. The average molecular weight is 332 g/mol. The van der Waals surface area contributed by atoms with Gasteiger partial charge in [0.15, 0.2) is 6.34 Å². The van der Waals surface area contributed by atoms with Gasteiger partial charge in [-0.2, -0.15) is 0 Å². The summed E-state index contributed by atoms with van der Waals surface area (Å²) in [5, 5.41) is 0. The van der Waals surface area contributed by atoms with Crippen LogP contribution in [0.2, 0.25) is 6.04 Å². The van der Waals surface area contributed by atoms with Crippen LogP contribution in [0.15, 0.2) is 4.99 Å². The third-order valence-corrected chi connectivity index (χ3v) is 7.29. The largest absolute Gasteiger partial charge is 0.501 e. The third kappa shape index (κ3) is 6.08. The first-order chi connectivity index (χ1) is 10.7. The summed E-state index contributed by atoms with van der Waals surface area (Å²) in [7, 11) is -2.49. The molecule has 1 atom stereocenters. The Morgan fingerprint density at radius 2 is 1.55 bits per heavy atom. The van der Waals surface area contributed by atoms with E-state index in [1.54, 1.807) is 0 Å². The molecule has 1 heterocycles. The molecule has 0 bridgehead atoms. The van der Waals surface area contributed by atoms with Crippen molar-refractivity contribution in [3.05, 3.63) is 0 Å². The molecular formula is C16H35N2O3Si+. The summed E-state index contributed by atoms with van der Waals surface area (Å²) in [5.74, 6) is 0. The van der Waals surface area contributed by atoms with Gasteiger partial charge in [-0.1, -0.05) is 13.3 Å². The van der Waals surface area contributed by atoms with Gasteiger partial charge in [-0.05, 0) is 27.2 Å². The molecule has 0 saturated heterocycles. The number of hydrogen-bond donors (Lipinski definition) is 0. The SMILES string of the molecule is CCCC[N+]1(CCC[Si](OCC)(OCC)OCC)C=NCC1. The van der Waals surface area contributed by atoms with Crippen LogP contribution in [0.5, 0.6) is 0 Å². The van der Waals surface area contributed by atoms with Crippen molar-refractivity contribution in [2.24, 2.45) is 4.99 Å². The minimum Gasteiger partial charge on any atom is -0.374 e. The quantitative estimate of drug-likeness (QED) is 0.385. The van der Waals surface area contributed by atoms with E-state index in [2.05, 4.69) is 18.3 Å². The van der Waals surface area contributed by atoms with E-state index in [4.69, 9.17) is 13.3 Å². The molecule has 0 fully saturated rings. The number of rotatable bonds is 13. The highest BCUT2D eigenvalue weighted by atomic mass is 28.4. The van der Waals surface area contributed by atoms with E-state index in [1.807, 2.05) is 20.8 Å². The van der Waals surface area contributed by atoms with Crippen molar-refractivity contribution >= 4 is 15.1 Å². The topological polar surface area (TPSA) is 40.0 Å². The second kappa shape index (κ2) is 10.5. The summed E-state index contributed by atoms with van der Waals surface area (Å²) in [6.45, 7) is 14.7. The second-order valence-corrected chi connectivity index (χ2v) is 8.58. The van der Waals surface area contributed by atoms with Gasteiger partial charge in [-0.25, -0.2) is 4.99 Å². The first-order valence-electron chi connectivity index (χ1n) is 8.94. The lowest BCUT2D eigenvalue weighted by atomic mass is 10.2. The molecule has 0 aliphatic carbocycles. The molecule has 0 saturated carbocycles. The van der Waals surface area contributed by atoms with Gasteiger partial charge in [0.1, 0.15) is 6.54 Å². The molecule has 0 radical (unpaired) electrons. The summed E-state index contributed by atoms with van der Waals surface area (Å²) in [6, 6.07) is 0.905. The van der Waals surface area contributed by atoms with Gasteiger partial charge in [0, 0.05) is 32.3 Å². The highest BCUT2D eigenvalue weighted by molar-refractivity contribution is 6.60. The fourth-order valence-electron chi connectivity index (χ4n) is 3.08. The number of hydrogen-bond acceptors (Lipinski definition) is 4. The molecule has 0 N–H and O–H groups in total. The Bertz CT molecular complexity index is 311. The Labute approximate surface area is 137 Å². The zero-order valence-electron chi connectivity index (χ0n) is 15.0. The van der Waals surface area contributed by atoms with E-state index < -0.39 is 8.80 Å². The lowest BCUT2D eigenvalue weighted by Crippen LogP contribution is -2.49. The molecule has 0 amide bonds. The molecule has 1 aliphatic heterocycles. The average Bonchev–Trinajstić information content (AvgIpc) is 2.95. The molecule has 1 unspecified atom stereocenters. The van der Waals surface area contributed by atoms with Crippen LogP contribution in [0.1, 0.15) is 47.0 Å². The predicted octanol–water partition coefficient (Wildman–Crippen LogP) is 3.08. The van der Waals surface area contributed by atoms with Crippen LogP contribution < -0.4 is 0 Å². The molecule has 6 heteroatoms. The van der Waals surface area contributed by atoms with Crippen molar-refractivity contribution in [3.63, 3.8) is 0 Å². The van der Waals surface area contributed by atoms with Crippen LogP contribution >= 0.6 is 0 Å². The highest BCUT2D eigenvalue weighted by Gasteiger charge is 2.41. The van der Waals surface area contributed by atoms with E-state index >= 15 is 0 Å². The molecule has 130 valence electrons. The van der Waals surface area contributed by atoms with E-state index in [9.17, 15) is 0 Å². The van der Waals surface area contributed by atoms with Crippen LogP contribution in [-0.2, 0) is 13.3 Å². The van der Waals surface area contributed by atoms with Crippen LogP contribution in [-0.4, -0.2) is 65.6 Å². The maximum atomic E-state index is 5.94. The second-order valence-electron chi connectivity index (χ2n) is 5.85. The van der Waals surface area contributed by atoms with Crippen LogP contribution in [0, 0.1) is 0 Å². The van der Waals surface area contributed by atoms with Gasteiger partial charge >= 0.3 is 8.80 Å².